The van der Waals surface area contributed by atoms with Gasteiger partial charge in [0.05, 0.1) is 41.2 Å². The van der Waals surface area contributed by atoms with Gasteiger partial charge in [0, 0.05) is 123 Å². The highest BCUT2D eigenvalue weighted by Crippen LogP contribution is 2.49. The number of ether oxygens (including phenoxy) is 3. The molecule has 9 aromatic rings. The zero-order valence-electron chi connectivity index (χ0n) is 87.0. The van der Waals surface area contributed by atoms with Crippen LogP contribution in [0.4, 0.5) is 14.4 Å². The Balaban J connectivity index is 0.000000154. The average molecular weight is 2170 g/mol. The van der Waals surface area contributed by atoms with Gasteiger partial charge < -0.3 is 60.0 Å². The topological polar surface area (TPSA) is 257 Å². The third kappa shape index (κ3) is 31.2. The molecule has 10 aliphatic rings. The molecule has 5 aliphatic heterocycles. The fourth-order valence-electron chi connectivity index (χ4n) is 25.4. The van der Waals surface area contributed by atoms with Crippen molar-refractivity contribution in [2.45, 2.75) is 293 Å². The number of ketones is 3. The Morgan fingerprint density at radius 3 is 1.25 bits per heavy atom. The Kier molecular flexibility index (Phi) is 41.1. The number of amides is 6. The van der Waals surface area contributed by atoms with E-state index in [1.54, 1.807) is 88.8 Å². The third-order valence-corrected chi connectivity index (χ3v) is 37.6. The van der Waals surface area contributed by atoms with Crippen molar-refractivity contribution >= 4 is 126 Å². The van der Waals surface area contributed by atoms with Crippen molar-refractivity contribution in [1.82, 2.24) is 49.8 Å². The SMILES string of the molecule is NCCCC[C@@H](CC1CCC2(CC1)CCN(Cc1ccccc1)C2)C(=O)N1CCN(C(=O)Oc2ccccc2Cl)C[C@H]1C(=O)CCc1cccs1.O=C(CCc1cccs1)[C@@H]1CN(C(=O)Oc2cccc3ccccc23)CCN1C(=O)[C@@H](CC1CCCCC1)NC1CCC2(CC1)CCN(Cc1ccccc1)C2.O=C(CCc1cccs1)[C@@H]1CN(C(=O)Oc2ccccc2Br)CCN1C(=O)[C@@H](CC1CCCCC1)NC1CCCCC1. The Morgan fingerprint density at radius 2 is 0.785 bits per heavy atom. The quantitative estimate of drug-likeness (QED) is 0.0308. The molecule has 8 heterocycles. The van der Waals surface area contributed by atoms with Crippen molar-refractivity contribution in [2.24, 2.45) is 40.2 Å². The van der Waals surface area contributed by atoms with Crippen LogP contribution in [-0.4, -0.2) is 226 Å². The predicted molar refractivity (Wildman–Crippen MR) is 598 cm³/mol. The summed E-state index contributed by atoms with van der Waals surface area (Å²) in [6, 6.07) is 59.2. The van der Waals surface area contributed by atoms with E-state index in [4.69, 9.17) is 31.5 Å². The van der Waals surface area contributed by atoms with Crippen molar-refractivity contribution < 1.29 is 57.4 Å². The molecule has 798 valence electrons. The first-order chi connectivity index (χ1) is 72.7. The molecule has 10 fully saturated rings. The van der Waals surface area contributed by atoms with Crippen LogP contribution in [0.15, 0.2) is 209 Å². The lowest BCUT2D eigenvalue weighted by molar-refractivity contribution is -0.146. The summed E-state index contributed by atoms with van der Waals surface area (Å²) in [4.78, 5) is 145. The zero-order chi connectivity index (χ0) is 103. The number of halogens is 2. The van der Waals surface area contributed by atoms with Gasteiger partial charge in [0.2, 0.25) is 17.7 Å². The number of fused-ring (bicyclic) bond motifs is 1. The molecular formula is C121H155BrClN11O12S3. The summed E-state index contributed by atoms with van der Waals surface area (Å²) < 4.78 is 18.0. The minimum atomic E-state index is -0.717. The number of benzene rings is 6. The normalized spacial score (nSPS) is 22.9. The van der Waals surface area contributed by atoms with E-state index in [2.05, 4.69) is 103 Å². The maximum absolute atomic E-state index is 14.9. The van der Waals surface area contributed by atoms with Gasteiger partial charge in [-0.1, -0.05) is 241 Å². The third-order valence-electron chi connectivity index (χ3n) is 33.9. The van der Waals surface area contributed by atoms with Gasteiger partial charge in [-0.3, -0.25) is 38.6 Å². The van der Waals surface area contributed by atoms with Gasteiger partial charge in [-0.05, 0) is 274 Å². The first-order valence-corrected chi connectivity index (χ1v) is 59.7. The first-order valence-electron chi connectivity index (χ1n) is 55.9. The average Bonchev–Trinajstić information content (AvgIpc) is 1.17. The summed E-state index contributed by atoms with van der Waals surface area (Å²) in [5.41, 5.74) is 9.41. The Bertz CT molecular complexity index is 5750. The molecule has 5 saturated carbocycles. The standard InChI is InChI=1S/C47H58N4O4S.C41H53ClN4O4S.C33H44BrN3O4S/c52-43(21-20-39-17-10-30-56-39)42-33-50(46(54)55-44-19-9-16-37-15-7-8-18-40(37)44)28-29-51(42)45(53)41(31-35-11-3-1-4-12-35)48-38-22-24-47(25-23-38)26-27-49(34-47)32-36-13-5-2-6-14-36;42-35-13-4-5-14-38(35)50-40(49)45-24-25-46(36(29-45)37(47)16-15-34-12-8-26-51-34)39(48)33(11-6-7-22-43)27-31-17-19-41(20-18-31)21-23-44(30-41)28-32-9-2-1-3-10-32;34-27-15-7-8-16-31(27)41-33(40)36-19-20-37(29(23-36)30(38)18-17-26-14-9-21-42-26)32(39)28(22-24-10-3-1-4-11-24)35-25-12-5-2-6-13-25/h2,5-10,13-19,30,35,38,41-42,48H,1,3-4,11-12,20-29,31-34H2;1-5,8-10,12-14,26,31,33,36H,6-7,11,15-25,27-30,43H2;7-9,14-16,21,24-25,28-29,35H,1-6,10-13,17-20,22-23H2/t38?,41-,42+,47?;31?,33-,36-,41?;28-,29+/m101/s1. The molecule has 5 aliphatic carbocycles. The summed E-state index contributed by atoms with van der Waals surface area (Å²) >= 11 is 14.6. The Hall–Kier alpha value is -9.52. The highest BCUT2D eigenvalue weighted by atomic mass is 79.9. The van der Waals surface area contributed by atoms with Gasteiger partial charge in [-0.2, -0.15) is 0 Å². The lowest BCUT2D eigenvalue weighted by Gasteiger charge is -2.43. The van der Waals surface area contributed by atoms with Crippen LogP contribution in [0.3, 0.4) is 0 Å². The van der Waals surface area contributed by atoms with E-state index in [0.29, 0.717) is 140 Å². The highest BCUT2D eigenvalue weighted by Gasteiger charge is 2.49. The number of thiophene rings is 3. The van der Waals surface area contributed by atoms with Crippen LogP contribution in [0.5, 0.6) is 17.2 Å². The second-order valence-electron chi connectivity index (χ2n) is 44.1. The van der Waals surface area contributed by atoms with Crippen molar-refractivity contribution in [2.75, 3.05) is 91.6 Å². The fourth-order valence-corrected chi connectivity index (χ4v) is 28.0. The van der Waals surface area contributed by atoms with Gasteiger partial charge in [0.1, 0.15) is 29.6 Å². The molecule has 0 radical (unpaired) electrons. The van der Waals surface area contributed by atoms with Crippen LogP contribution in [0.25, 0.3) is 10.8 Å². The molecule has 19 rings (SSSR count). The summed E-state index contributed by atoms with van der Waals surface area (Å²) in [5.74, 6) is 2.68. The molecule has 6 aromatic carbocycles. The van der Waals surface area contributed by atoms with E-state index in [-0.39, 0.29) is 84.5 Å². The van der Waals surface area contributed by atoms with Crippen LogP contribution in [0, 0.1) is 34.5 Å². The maximum atomic E-state index is 14.9. The smallest absolute Gasteiger partial charge is 0.410 e. The van der Waals surface area contributed by atoms with Crippen molar-refractivity contribution in [3.8, 4) is 17.2 Å². The fraction of sp³-hybridized carbons (Fsp3) is 0.545. The van der Waals surface area contributed by atoms with E-state index in [1.807, 2.05) is 112 Å². The molecule has 23 nitrogen and oxygen atoms in total. The largest absolute Gasteiger partial charge is 0.415 e. The summed E-state index contributed by atoms with van der Waals surface area (Å²) in [7, 11) is 0. The Morgan fingerprint density at radius 1 is 0.389 bits per heavy atom. The number of para-hydroxylation sites is 2. The van der Waals surface area contributed by atoms with Crippen LogP contribution in [0.1, 0.15) is 244 Å². The number of likely N-dealkylation sites (tertiary alicyclic amines) is 2. The van der Waals surface area contributed by atoms with Gasteiger partial charge >= 0.3 is 18.3 Å². The van der Waals surface area contributed by atoms with E-state index < -0.39 is 36.4 Å². The number of carbonyl (C=O) groups excluding carboxylic acids is 9. The molecular weight excluding hydrogens is 2010 g/mol. The van der Waals surface area contributed by atoms with Gasteiger partial charge in [0.15, 0.2) is 23.1 Å². The number of nitrogens with two attached hydrogens (primary N) is 1. The van der Waals surface area contributed by atoms with E-state index >= 15 is 0 Å². The van der Waals surface area contributed by atoms with Crippen LogP contribution >= 0.6 is 61.5 Å². The number of carbonyl (C=O) groups is 9. The lowest BCUT2D eigenvalue weighted by atomic mass is 9.68. The Labute approximate surface area is 907 Å². The minimum absolute atomic E-state index is 0.00391. The number of nitrogens with one attached hydrogen (secondary N) is 2. The minimum Gasteiger partial charge on any atom is -0.410 e. The van der Waals surface area contributed by atoms with Crippen molar-refractivity contribution in [3.05, 3.63) is 239 Å². The molecule has 4 N–H and O–H groups in total. The first kappa shape index (κ1) is 111. The number of aryl methyl sites for hydroxylation is 3. The summed E-state index contributed by atoms with van der Waals surface area (Å²) in [6.07, 6.45) is 36.1. The number of piperazine rings is 3. The van der Waals surface area contributed by atoms with Crippen molar-refractivity contribution in [3.63, 3.8) is 0 Å². The summed E-state index contributed by atoms with van der Waals surface area (Å²) in [6.45, 7) is 9.54. The maximum Gasteiger partial charge on any atom is 0.415 e. The molecule has 0 bridgehead atoms. The number of unbranched alkanes of at least 4 members (excludes halogenated alkanes) is 1. The molecule has 3 aromatic heterocycles. The van der Waals surface area contributed by atoms with E-state index in [1.165, 1.54) is 120 Å². The molecule has 0 unspecified atom stereocenters. The van der Waals surface area contributed by atoms with Crippen LogP contribution in [-0.2, 0) is 61.1 Å². The van der Waals surface area contributed by atoms with Crippen molar-refractivity contribution in [1.29, 1.82) is 0 Å². The molecule has 28 heteroatoms. The highest BCUT2D eigenvalue weighted by molar-refractivity contribution is 9.10. The lowest BCUT2D eigenvalue weighted by Crippen LogP contribution is -2.63. The van der Waals surface area contributed by atoms with Crippen LogP contribution < -0.4 is 30.6 Å². The molecule has 6 amide bonds. The van der Waals surface area contributed by atoms with Gasteiger partial charge in [-0.25, -0.2) is 14.4 Å². The van der Waals surface area contributed by atoms with Gasteiger partial charge in [0.25, 0.3) is 0 Å². The molecule has 6 atom stereocenters. The number of Topliss-reactive ketones (excluding diaryl/α,β-unsaturated/α-hetero) is 3. The van der Waals surface area contributed by atoms with E-state index in [0.717, 1.165) is 155 Å². The second kappa shape index (κ2) is 55.3. The molecule has 149 heavy (non-hydrogen) atoms. The predicted octanol–water partition coefficient (Wildman–Crippen LogP) is 23.7. The number of hydrogen-bond acceptors (Lipinski definition) is 20. The number of nitrogens with zero attached hydrogens (tertiary/aromatic N) is 8. The number of rotatable bonds is 36. The molecule has 2 spiro atoms. The van der Waals surface area contributed by atoms with E-state index in [9.17, 15) is 43.2 Å². The number of hydrogen-bond donors (Lipinski definition) is 3. The molecule has 5 saturated heterocycles. The monoisotopic (exact) mass is 2160 g/mol. The van der Waals surface area contributed by atoms with Gasteiger partial charge in [-0.15, -0.1) is 34.0 Å². The summed E-state index contributed by atoms with van der Waals surface area (Å²) in [5, 5.41) is 16.0. The second-order valence-corrected chi connectivity index (χ2v) is 48.5. The zero-order valence-corrected chi connectivity index (χ0v) is 91.8. The van der Waals surface area contributed by atoms with Crippen LogP contribution in [0.2, 0.25) is 5.02 Å².